The summed E-state index contributed by atoms with van der Waals surface area (Å²) < 4.78 is 5.96. The second-order valence-electron chi connectivity index (χ2n) is 4.36. The van der Waals surface area contributed by atoms with Crippen LogP contribution in [0.2, 0.25) is 0 Å². The van der Waals surface area contributed by atoms with Crippen LogP contribution in [0.4, 0.5) is 5.69 Å². The Morgan fingerprint density at radius 2 is 1.90 bits per heavy atom. The topological polar surface area (TPSA) is 69.4 Å². The summed E-state index contributed by atoms with van der Waals surface area (Å²) in [6, 6.07) is 12.5. The molecule has 2 rings (SSSR count). The van der Waals surface area contributed by atoms with E-state index in [4.69, 9.17) is 4.74 Å². The molecule has 0 saturated heterocycles. The molecule has 0 atom stereocenters. The number of carbonyl (C=O) groups excluding carboxylic acids is 1. The summed E-state index contributed by atoms with van der Waals surface area (Å²) >= 11 is 1.84. The molecule has 0 unspecified atom stereocenters. The predicted molar refractivity (Wildman–Crippen MR) is 86.6 cm³/mol. The van der Waals surface area contributed by atoms with Crippen molar-refractivity contribution in [3.63, 3.8) is 0 Å². The van der Waals surface area contributed by atoms with Crippen molar-refractivity contribution in [1.29, 1.82) is 0 Å². The van der Waals surface area contributed by atoms with Crippen LogP contribution in [0.1, 0.15) is 22.8 Å². The van der Waals surface area contributed by atoms with E-state index in [9.17, 15) is 14.9 Å². The number of Topliss-reactive ketones (excluding diaryl/α,β-unsaturated/α-hetero) is 1. The summed E-state index contributed by atoms with van der Waals surface area (Å²) in [4.78, 5) is 22.1. The van der Waals surface area contributed by atoms with E-state index in [1.165, 1.54) is 13.0 Å². The summed E-state index contributed by atoms with van der Waals surface area (Å²) in [5.41, 5.74) is 0.858. The van der Waals surface area contributed by atoms with Gasteiger partial charge in [0.2, 0.25) is 0 Å². The van der Waals surface area contributed by atoms with Gasteiger partial charge in [-0.1, -0.05) is 30.3 Å². The van der Waals surface area contributed by atoms with Gasteiger partial charge in [0.1, 0.15) is 15.9 Å². The van der Waals surface area contributed by atoms with Gasteiger partial charge in [0.25, 0.3) is 5.69 Å². The lowest BCUT2D eigenvalue weighted by atomic mass is 10.1. The molecule has 0 amide bonds. The molecule has 6 heteroatoms. The molecule has 21 heavy (non-hydrogen) atoms. The van der Waals surface area contributed by atoms with E-state index in [0.717, 1.165) is 5.56 Å². The Bertz CT molecular complexity index is 686. The highest BCUT2D eigenvalue weighted by molar-refractivity contribution is 14.1. The first-order valence-corrected chi connectivity index (χ1v) is 7.23. The van der Waals surface area contributed by atoms with Crippen LogP contribution in [0.3, 0.4) is 0 Å². The summed E-state index contributed by atoms with van der Waals surface area (Å²) in [5, 5.41) is 11.2. The smallest absolute Gasteiger partial charge is 0.297 e. The lowest BCUT2D eigenvalue weighted by molar-refractivity contribution is -0.386. The maximum absolute atomic E-state index is 11.5. The van der Waals surface area contributed by atoms with Crippen LogP contribution in [0.25, 0.3) is 0 Å². The lowest BCUT2D eigenvalue weighted by Crippen LogP contribution is -2.05. The first-order valence-electron chi connectivity index (χ1n) is 6.15. The van der Waals surface area contributed by atoms with Gasteiger partial charge in [-0.05, 0) is 47.2 Å². The predicted octanol–water partition coefficient (Wildman–Crippen LogP) is 3.98. The van der Waals surface area contributed by atoms with Crippen LogP contribution in [-0.4, -0.2) is 10.7 Å². The molecule has 0 fully saturated rings. The maximum atomic E-state index is 11.5. The standard InChI is InChI=1S/C15H12INO4/c1-10(18)12-7-8-13(14(16)15(12)17(19)20)21-9-11-5-3-2-4-6-11/h2-8H,9H2,1H3. The minimum atomic E-state index is -0.548. The van der Waals surface area contributed by atoms with Gasteiger partial charge in [-0.3, -0.25) is 14.9 Å². The SMILES string of the molecule is CC(=O)c1ccc(OCc2ccccc2)c(I)c1[N+](=O)[O-]. The zero-order valence-corrected chi connectivity index (χ0v) is 13.4. The van der Waals surface area contributed by atoms with E-state index in [1.807, 2.05) is 52.9 Å². The van der Waals surface area contributed by atoms with Gasteiger partial charge in [0.05, 0.1) is 10.5 Å². The van der Waals surface area contributed by atoms with Crippen molar-refractivity contribution in [3.05, 3.63) is 67.3 Å². The Kier molecular flexibility index (Phi) is 4.89. The van der Waals surface area contributed by atoms with Crippen molar-refractivity contribution < 1.29 is 14.5 Å². The fourth-order valence-corrected chi connectivity index (χ4v) is 2.68. The van der Waals surface area contributed by atoms with E-state index >= 15 is 0 Å². The molecule has 0 heterocycles. The number of hydrogen-bond donors (Lipinski definition) is 0. The first kappa shape index (κ1) is 15.4. The normalized spacial score (nSPS) is 10.2. The number of halogens is 1. The number of nitro benzene ring substituents is 1. The van der Waals surface area contributed by atoms with Crippen molar-refractivity contribution in [2.75, 3.05) is 0 Å². The molecule has 0 bridgehead atoms. The third-order valence-corrected chi connectivity index (χ3v) is 3.92. The third kappa shape index (κ3) is 3.57. The fraction of sp³-hybridized carbons (Fsp3) is 0.133. The molecule has 0 spiro atoms. The molecule has 2 aromatic rings. The minimum Gasteiger partial charge on any atom is -0.488 e. The Morgan fingerprint density at radius 1 is 1.24 bits per heavy atom. The number of carbonyl (C=O) groups is 1. The molecule has 0 N–H and O–H groups in total. The van der Waals surface area contributed by atoms with Crippen molar-refractivity contribution in [1.82, 2.24) is 0 Å². The van der Waals surface area contributed by atoms with Gasteiger partial charge >= 0.3 is 0 Å². The molecule has 0 aliphatic rings. The van der Waals surface area contributed by atoms with Crippen LogP contribution in [0, 0.1) is 13.7 Å². The number of nitro groups is 1. The molecular weight excluding hydrogens is 385 g/mol. The van der Waals surface area contributed by atoms with Crippen LogP contribution in [0.15, 0.2) is 42.5 Å². The van der Waals surface area contributed by atoms with Gasteiger partial charge in [0, 0.05) is 0 Å². The average Bonchev–Trinajstić information content (AvgIpc) is 2.46. The molecule has 5 nitrogen and oxygen atoms in total. The fourth-order valence-electron chi connectivity index (χ4n) is 1.86. The van der Waals surface area contributed by atoms with Crippen LogP contribution in [-0.2, 0) is 6.61 Å². The Hall–Kier alpha value is -1.96. The van der Waals surface area contributed by atoms with Crippen molar-refractivity contribution in [3.8, 4) is 5.75 Å². The lowest BCUT2D eigenvalue weighted by Gasteiger charge is -2.10. The monoisotopic (exact) mass is 397 g/mol. The van der Waals surface area contributed by atoms with Gasteiger partial charge in [-0.2, -0.15) is 0 Å². The van der Waals surface area contributed by atoms with Crippen LogP contribution in [0.5, 0.6) is 5.75 Å². The van der Waals surface area contributed by atoms with E-state index in [2.05, 4.69) is 0 Å². The molecule has 0 aromatic heterocycles. The number of hydrogen-bond acceptors (Lipinski definition) is 4. The highest BCUT2D eigenvalue weighted by atomic mass is 127. The zero-order valence-electron chi connectivity index (χ0n) is 11.2. The molecule has 2 aromatic carbocycles. The highest BCUT2D eigenvalue weighted by Gasteiger charge is 2.24. The summed E-state index contributed by atoms with van der Waals surface area (Å²) in [5.74, 6) is 0.0605. The summed E-state index contributed by atoms with van der Waals surface area (Å²) in [7, 11) is 0. The number of nitrogens with zero attached hydrogens (tertiary/aromatic N) is 1. The Morgan fingerprint density at radius 3 is 2.48 bits per heavy atom. The number of rotatable bonds is 5. The first-order chi connectivity index (χ1) is 10.0. The van der Waals surface area contributed by atoms with Gasteiger partial charge < -0.3 is 4.74 Å². The van der Waals surface area contributed by atoms with E-state index in [1.54, 1.807) is 6.07 Å². The zero-order chi connectivity index (χ0) is 15.4. The quantitative estimate of drug-likeness (QED) is 0.331. The van der Waals surface area contributed by atoms with Crippen molar-refractivity contribution >= 4 is 34.1 Å². The third-order valence-electron chi connectivity index (χ3n) is 2.88. The van der Waals surface area contributed by atoms with Gasteiger partial charge in [0.15, 0.2) is 5.78 Å². The molecule has 108 valence electrons. The summed E-state index contributed by atoms with van der Waals surface area (Å²) in [6.45, 7) is 1.62. The average molecular weight is 397 g/mol. The minimum absolute atomic E-state index is 0.0939. The molecule has 0 aliphatic heterocycles. The molecule has 0 aliphatic carbocycles. The van der Waals surface area contributed by atoms with Gasteiger partial charge in [-0.25, -0.2) is 0 Å². The number of benzene rings is 2. The van der Waals surface area contributed by atoms with E-state index in [0.29, 0.717) is 15.9 Å². The Balaban J connectivity index is 2.31. The Labute approximate surface area is 135 Å². The number of ketones is 1. The van der Waals surface area contributed by atoms with Crippen LogP contribution < -0.4 is 4.74 Å². The highest BCUT2D eigenvalue weighted by Crippen LogP contribution is 2.34. The van der Waals surface area contributed by atoms with E-state index < -0.39 is 4.92 Å². The molecule has 0 saturated carbocycles. The van der Waals surface area contributed by atoms with Crippen molar-refractivity contribution in [2.24, 2.45) is 0 Å². The maximum Gasteiger partial charge on any atom is 0.297 e. The second kappa shape index (κ2) is 6.66. The van der Waals surface area contributed by atoms with Crippen LogP contribution >= 0.6 is 22.6 Å². The molecule has 0 radical (unpaired) electrons. The number of ether oxygens (including phenoxy) is 1. The van der Waals surface area contributed by atoms with Gasteiger partial charge in [-0.15, -0.1) is 0 Å². The van der Waals surface area contributed by atoms with E-state index in [-0.39, 0.29) is 17.0 Å². The largest absolute Gasteiger partial charge is 0.488 e. The summed E-state index contributed by atoms with van der Waals surface area (Å²) in [6.07, 6.45) is 0. The van der Waals surface area contributed by atoms with Crippen molar-refractivity contribution in [2.45, 2.75) is 13.5 Å². The molecular formula is C15H12INO4. The second-order valence-corrected chi connectivity index (χ2v) is 5.44.